The summed E-state index contributed by atoms with van der Waals surface area (Å²) in [5.74, 6) is 0. The van der Waals surface area contributed by atoms with Gasteiger partial charge in [-0.1, -0.05) is 38.7 Å². The molecule has 13 heavy (non-hydrogen) atoms. The second-order valence-electron chi connectivity index (χ2n) is 2.43. The van der Waals surface area contributed by atoms with Crippen molar-refractivity contribution in [2.75, 3.05) is 0 Å². The van der Waals surface area contributed by atoms with E-state index in [9.17, 15) is 0 Å². The molecule has 0 atom stereocenters. The van der Waals surface area contributed by atoms with Gasteiger partial charge in [0.2, 0.25) is 0 Å². The monoisotopic (exact) mass is 194 g/mol. The Labute approximate surface area is 84.9 Å². The molecule has 0 aromatic carbocycles. The van der Waals surface area contributed by atoms with Gasteiger partial charge in [0.05, 0.1) is 0 Å². The Balaban J connectivity index is 0.000000671. The minimum atomic E-state index is 1.15. The lowest BCUT2D eigenvalue weighted by Gasteiger charge is -1.71. The number of thiophene rings is 1. The van der Waals surface area contributed by atoms with Crippen LogP contribution in [0.2, 0.25) is 0 Å². The second kappa shape index (κ2) is 6.67. The van der Waals surface area contributed by atoms with Gasteiger partial charge in [-0.2, -0.15) is 0 Å². The van der Waals surface area contributed by atoms with Crippen LogP contribution in [-0.4, -0.2) is 0 Å². The Kier molecular flexibility index (Phi) is 6.25. The molecule has 0 unspecified atom stereocenters. The van der Waals surface area contributed by atoms with Gasteiger partial charge in [-0.15, -0.1) is 11.3 Å². The van der Waals surface area contributed by atoms with Crippen molar-refractivity contribution in [3.8, 4) is 0 Å². The summed E-state index contributed by atoms with van der Waals surface area (Å²) in [5, 5.41) is 1.24. The summed E-state index contributed by atoms with van der Waals surface area (Å²) >= 11 is 1.74. The SMILES string of the molecule is C=c1sc(C)c/c1=C/C=C\C.CC. The van der Waals surface area contributed by atoms with Gasteiger partial charge in [-0.25, -0.2) is 0 Å². The van der Waals surface area contributed by atoms with Crippen LogP contribution in [-0.2, 0) is 0 Å². The highest BCUT2D eigenvalue weighted by atomic mass is 32.1. The Morgan fingerprint density at radius 1 is 1.38 bits per heavy atom. The maximum atomic E-state index is 3.95. The van der Waals surface area contributed by atoms with E-state index in [4.69, 9.17) is 0 Å². The fourth-order valence-corrected chi connectivity index (χ4v) is 1.74. The van der Waals surface area contributed by atoms with Crippen LogP contribution in [0.4, 0.5) is 0 Å². The van der Waals surface area contributed by atoms with Crippen molar-refractivity contribution in [1.29, 1.82) is 0 Å². The lowest BCUT2D eigenvalue weighted by atomic mass is 10.3. The minimum absolute atomic E-state index is 1.15. The van der Waals surface area contributed by atoms with Gasteiger partial charge in [-0.3, -0.25) is 0 Å². The third kappa shape index (κ3) is 4.09. The molecule has 0 aliphatic carbocycles. The van der Waals surface area contributed by atoms with Crippen molar-refractivity contribution >= 4 is 24.0 Å². The van der Waals surface area contributed by atoms with E-state index < -0.39 is 0 Å². The molecule has 0 fully saturated rings. The Morgan fingerprint density at radius 2 is 2.00 bits per heavy atom. The first-order valence-corrected chi connectivity index (χ1v) is 5.44. The van der Waals surface area contributed by atoms with E-state index in [1.807, 2.05) is 32.9 Å². The van der Waals surface area contributed by atoms with Crippen LogP contribution in [0.1, 0.15) is 25.6 Å². The molecule has 0 amide bonds. The molecule has 0 spiro atoms. The van der Waals surface area contributed by atoms with Gasteiger partial charge in [-0.05, 0) is 25.1 Å². The van der Waals surface area contributed by atoms with Crippen molar-refractivity contribution in [2.24, 2.45) is 0 Å². The summed E-state index contributed by atoms with van der Waals surface area (Å²) in [5.41, 5.74) is 0. The van der Waals surface area contributed by atoms with Crippen LogP contribution in [0.3, 0.4) is 0 Å². The molecule has 1 heterocycles. The molecule has 0 saturated carbocycles. The topological polar surface area (TPSA) is 0 Å². The van der Waals surface area contributed by atoms with Crippen LogP contribution in [0, 0.1) is 6.92 Å². The highest BCUT2D eigenvalue weighted by Gasteiger charge is 1.86. The molecule has 0 bridgehead atoms. The van der Waals surface area contributed by atoms with E-state index in [2.05, 4.69) is 25.6 Å². The first kappa shape index (κ1) is 12.2. The van der Waals surface area contributed by atoms with E-state index >= 15 is 0 Å². The zero-order valence-corrected chi connectivity index (χ0v) is 9.74. The molecular weight excluding hydrogens is 176 g/mol. The summed E-state index contributed by atoms with van der Waals surface area (Å²) in [6.07, 6.45) is 6.15. The summed E-state index contributed by atoms with van der Waals surface area (Å²) in [6.45, 7) is 12.1. The predicted octanol–water partition coefficient (Wildman–Crippen LogP) is 2.85. The lowest BCUT2D eigenvalue weighted by Crippen LogP contribution is -2.14. The standard InChI is InChI=1S/C10H12S.C2H6/c1-4-5-6-10-7-8(2)11-9(10)3;1-2/h4-7H,3H2,1-2H3;1-2H3/b5-4-,10-6-;. The van der Waals surface area contributed by atoms with Gasteiger partial charge in [0, 0.05) is 9.41 Å². The smallest absolute Gasteiger partial charge is 0.0273 e. The highest BCUT2D eigenvalue weighted by Crippen LogP contribution is 1.94. The quantitative estimate of drug-likeness (QED) is 0.645. The molecule has 0 nitrogen and oxygen atoms in total. The molecule has 1 rings (SSSR count). The molecule has 1 aromatic heterocycles. The van der Waals surface area contributed by atoms with E-state index in [1.165, 1.54) is 10.1 Å². The maximum Gasteiger partial charge on any atom is 0.0273 e. The van der Waals surface area contributed by atoms with Crippen molar-refractivity contribution in [1.82, 2.24) is 0 Å². The molecule has 0 radical (unpaired) electrons. The van der Waals surface area contributed by atoms with Crippen molar-refractivity contribution in [3.05, 3.63) is 32.8 Å². The largest absolute Gasteiger partial charge is 0.141 e. The summed E-state index contributed by atoms with van der Waals surface area (Å²) in [6, 6.07) is 2.16. The van der Waals surface area contributed by atoms with Crippen LogP contribution in [0.5, 0.6) is 0 Å². The van der Waals surface area contributed by atoms with Crippen molar-refractivity contribution in [3.63, 3.8) is 0 Å². The van der Waals surface area contributed by atoms with Crippen molar-refractivity contribution < 1.29 is 0 Å². The summed E-state index contributed by atoms with van der Waals surface area (Å²) < 4.78 is 1.15. The van der Waals surface area contributed by atoms with Crippen LogP contribution < -0.4 is 9.75 Å². The molecule has 0 aliphatic rings. The Morgan fingerprint density at radius 3 is 2.38 bits per heavy atom. The fraction of sp³-hybridized carbons (Fsp3) is 0.333. The zero-order chi connectivity index (χ0) is 10.3. The third-order valence-electron chi connectivity index (χ3n) is 1.43. The molecule has 0 aliphatic heterocycles. The second-order valence-corrected chi connectivity index (χ2v) is 3.77. The van der Waals surface area contributed by atoms with Gasteiger partial charge in [0.15, 0.2) is 0 Å². The first-order valence-electron chi connectivity index (χ1n) is 4.62. The molecule has 1 aromatic rings. The van der Waals surface area contributed by atoms with Gasteiger partial charge in [0.25, 0.3) is 0 Å². The van der Waals surface area contributed by atoms with Gasteiger partial charge < -0.3 is 0 Å². The number of rotatable bonds is 1. The van der Waals surface area contributed by atoms with Gasteiger partial charge >= 0.3 is 0 Å². The number of aryl methyl sites for hydroxylation is 1. The van der Waals surface area contributed by atoms with Crippen LogP contribution in [0.25, 0.3) is 12.7 Å². The normalized spacial score (nSPS) is 11.5. The fourth-order valence-electron chi connectivity index (χ4n) is 0.923. The Bertz CT molecular complexity index is 355. The first-order chi connectivity index (χ1) is 6.24. The Hall–Kier alpha value is -0.820. The van der Waals surface area contributed by atoms with Gasteiger partial charge in [0.1, 0.15) is 0 Å². The lowest BCUT2D eigenvalue weighted by molar-refractivity contribution is 1.50. The van der Waals surface area contributed by atoms with E-state index in [0.717, 1.165) is 4.53 Å². The highest BCUT2D eigenvalue weighted by molar-refractivity contribution is 7.09. The van der Waals surface area contributed by atoms with E-state index in [1.54, 1.807) is 11.3 Å². The maximum absolute atomic E-state index is 3.95. The zero-order valence-electron chi connectivity index (χ0n) is 8.92. The molecule has 0 N–H and O–H groups in total. The van der Waals surface area contributed by atoms with Crippen LogP contribution >= 0.6 is 11.3 Å². The number of hydrogen-bond donors (Lipinski definition) is 0. The van der Waals surface area contributed by atoms with E-state index in [0.29, 0.717) is 0 Å². The average Bonchev–Trinajstić information content (AvgIpc) is 2.45. The predicted molar refractivity (Wildman–Crippen MR) is 64.5 cm³/mol. The van der Waals surface area contributed by atoms with Crippen LogP contribution in [0.15, 0.2) is 18.2 Å². The van der Waals surface area contributed by atoms with E-state index in [-0.39, 0.29) is 0 Å². The molecule has 72 valence electrons. The van der Waals surface area contributed by atoms with Crippen molar-refractivity contribution in [2.45, 2.75) is 27.7 Å². The molecular formula is C12H18S. The summed E-state index contributed by atoms with van der Waals surface area (Å²) in [7, 11) is 0. The molecule has 0 saturated heterocycles. The number of allylic oxidation sites excluding steroid dienone is 2. The average molecular weight is 194 g/mol. The summed E-state index contributed by atoms with van der Waals surface area (Å²) in [4.78, 5) is 1.32. The molecule has 1 heteroatoms. The number of hydrogen-bond acceptors (Lipinski definition) is 1. The minimum Gasteiger partial charge on any atom is -0.141 e. The third-order valence-corrected chi connectivity index (χ3v) is 2.36.